The number of aromatic nitrogens is 2. The van der Waals surface area contributed by atoms with Crippen molar-refractivity contribution < 1.29 is 4.79 Å². The second kappa shape index (κ2) is 7.19. The molecule has 4 rings (SSSR count). The van der Waals surface area contributed by atoms with E-state index in [2.05, 4.69) is 31.9 Å². The highest BCUT2D eigenvalue weighted by Crippen LogP contribution is 2.30. The second-order valence-corrected chi connectivity index (χ2v) is 6.91. The molecule has 140 valence electrons. The summed E-state index contributed by atoms with van der Waals surface area (Å²) in [4.78, 5) is 33.5. The fourth-order valence-corrected chi connectivity index (χ4v) is 3.88. The number of H-pyrrole nitrogens is 2. The molecule has 2 heterocycles. The molecule has 1 aliphatic rings. The Labute approximate surface area is 156 Å². The molecular weight excluding hydrogens is 342 g/mol. The molecule has 1 aromatic heterocycles. The van der Waals surface area contributed by atoms with Gasteiger partial charge < -0.3 is 25.5 Å². The van der Waals surface area contributed by atoms with Gasteiger partial charge in [-0.2, -0.15) is 0 Å². The summed E-state index contributed by atoms with van der Waals surface area (Å²) in [5.74, 6) is -0.292. The van der Waals surface area contributed by atoms with E-state index in [0.717, 1.165) is 36.4 Å². The summed E-state index contributed by atoms with van der Waals surface area (Å²) < 4.78 is 0. The smallest absolute Gasteiger partial charge is 0.323 e. The van der Waals surface area contributed by atoms with Gasteiger partial charge >= 0.3 is 5.69 Å². The Morgan fingerprint density at radius 1 is 1.07 bits per heavy atom. The number of benzene rings is 2. The molecule has 7 nitrogen and oxygen atoms in total. The number of hydrogen-bond donors (Lipinski definition) is 3. The van der Waals surface area contributed by atoms with Crippen molar-refractivity contribution in [3.63, 3.8) is 0 Å². The first kappa shape index (κ1) is 17.2. The molecule has 1 amide bonds. The summed E-state index contributed by atoms with van der Waals surface area (Å²) >= 11 is 0. The zero-order valence-corrected chi connectivity index (χ0v) is 15.0. The van der Waals surface area contributed by atoms with Crippen LogP contribution in [0.2, 0.25) is 0 Å². The summed E-state index contributed by atoms with van der Waals surface area (Å²) in [7, 11) is 0. The van der Waals surface area contributed by atoms with Gasteiger partial charge in [0.15, 0.2) is 0 Å². The lowest BCUT2D eigenvalue weighted by Gasteiger charge is -2.44. The van der Waals surface area contributed by atoms with Crippen LogP contribution in [-0.2, 0) is 4.79 Å². The maximum absolute atomic E-state index is 11.8. The predicted molar refractivity (Wildman–Crippen MR) is 107 cm³/mol. The van der Waals surface area contributed by atoms with Crippen LogP contribution in [0.5, 0.6) is 0 Å². The average Bonchev–Trinajstić information content (AvgIpc) is 3.07. The molecule has 1 fully saturated rings. The lowest BCUT2D eigenvalue weighted by molar-refractivity contribution is -0.118. The molecule has 0 aliphatic carbocycles. The highest BCUT2D eigenvalue weighted by atomic mass is 16.1. The first-order valence-electron chi connectivity index (χ1n) is 9.18. The van der Waals surface area contributed by atoms with E-state index in [1.807, 2.05) is 36.4 Å². The maximum atomic E-state index is 11.8. The van der Waals surface area contributed by atoms with Crippen LogP contribution in [0.1, 0.15) is 12.8 Å². The van der Waals surface area contributed by atoms with Crippen molar-refractivity contribution in [1.82, 2.24) is 9.97 Å². The summed E-state index contributed by atoms with van der Waals surface area (Å²) in [6, 6.07) is 16.2. The molecule has 0 saturated carbocycles. The SMILES string of the molecule is NC(=O)CCC1CN(c2ccccc2)CCN1c1cccc2[nH]c(=O)[nH]c12. The minimum absolute atomic E-state index is 0.121. The number of nitrogens with zero attached hydrogens (tertiary/aromatic N) is 2. The first-order chi connectivity index (χ1) is 13.1. The number of rotatable bonds is 5. The second-order valence-electron chi connectivity index (χ2n) is 6.91. The molecule has 1 saturated heterocycles. The summed E-state index contributed by atoms with van der Waals surface area (Å²) in [6.45, 7) is 2.45. The monoisotopic (exact) mass is 365 g/mol. The Balaban J connectivity index is 1.66. The maximum Gasteiger partial charge on any atom is 0.323 e. The van der Waals surface area contributed by atoms with Crippen LogP contribution in [0.15, 0.2) is 53.3 Å². The molecule has 0 spiro atoms. The number of fused-ring (bicyclic) bond motifs is 1. The standard InChI is InChI=1S/C20H23N5O2/c21-18(26)10-9-15-13-24(14-5-2-1-3-6-14)11-12-25(15)17-8-4-7-16-19(17)23-20(27)22-16/h1-8,15H,9-13H2,(H2,21,26)(H2,22,23,27). The number of carbonyl (C=O) groups is 1. The number of carbonyl (C=O) groups excluding carboxylic acids is 1. The van der Waals surface area contributed by atoms with Crippen LogP contribution in [0.25, 0.3) is 11.0 Å². The Morgan fingerprint density at radius 2 is 1.89 bits per heavy atom. The number of aromatic amines is 2. The fraction of sp³-hybridized carbons (Fsp3) is 0.300. The van der Waals surface area contributed by atoms with Crippen molar-refractivity contribution in [3.05, 3.63) is 59.0 Å². The van der Waals surface area contributed by atoms with Gasteiger partial charge in [0.2, 0.25) is 5.91 Å². The highest BCUT2D eigenvalue weighted by Gasteiger charge is 2.29. The first-order valence-corrected chi connectivity index (χ1v) is 9.18. The summed E-state index contributed by atoms with van der Waals surface area (Å²) in [5.41, 5.74) is 8.94. The van der Waals surface area contributed by atoms with E-state index in [-0.39, 0.29) is 17.6 Å². The molecule has 4 N–H and O–H groups in total. The number of para-hydroxylation sites is 2. The van der Waals surface area contributed by atoms with Gasteiger partial charge in [-0.05, 0) is 30.7 Å². The molecule has 0 bridgehead atoms. The Hall–Kier alpha value is -3.22. The van der Waals surface area contributed by atoms with E-state index in [0.29, 0.717) is 12.8 Å². The van der Waals surface area contributed by atoms with Crippen molar-refractivity contribution in [1.29, 1.82) is 0 Å². The third-order valence-corrected chi connectivity index (χ3v) is 5.17. The lowest BCUT2D eigenvalue weighted by atomic mass is 10.0. The van der Waals surface area contributed by atoms with E-state index < -0.39 is 0 Å². The van der Waals surface area contributed by atoms with Crippen molar-refractivity contribution in [2.24, 2.45) is 5.73 Å². The van der Waals surface area contributed by atoms with Crippen molar-refractivity contribution >= 4 is 28.3 Å². The topological polar surface area (TPSA) is 98.2 Å². The molecule has 2 aromatic carbocycles. The van der Waals surface area contributed by atoms with E-state index in [9.17, 15) is 9.59 Å². The predicted octanol–water partition coefficient (Wildman–Crippen LogP) is 1.82. The van der Waals surface area contributed by atoms with Crippen LogP contribution >= 0.6 is 0 Å². The molecule has 1 unspecified atom stereocenters. The van der Waals surface area contributed by atoms with Gasteiger partial charge in [0.05, 0.1) is 16.7 Å². The minimum Gasteiger partial charge on any atom is -0.370 e. The molecule has 1 aliphatic heterocycles. The highest BCUT2D eigenvalue weighted by molar-refractivity contribution is 5.88. The Bertz CT molecular complexity index is 994. The zero-order valence-electron chi connectivity index (χ0n) is 15.0. The minimum atomic E-state index is -0.292. The van der Waals surface area contributed by atoms with Crippen molar-refractivity contribution in [2.75, 3.05) is 29.4 Å². The van der Waals surface area contributed by atoms with E-state index >= 15 is 0 Å². The van der Waals surface area contributed by atoms with Crippen LogP contribution in [0.3, 0.4) is 0 Å². The number of piperazine rings is 1. The molecular formula is C20H23N5O2. The third kappa shape index (κ3) is 3.53. The quantitative estimate of drug-likeness (QED) is 0.642. The average molecular weight is 365 g/mol. The number of amides is 1. The lowest BCUT2D eigenvalue weighted by Crippen LogP contribution is -2.53. The van der Waals surface area contributed by atoms with Crippen molar-refractivity contribution in [2.45, 2.75) is 18.9 Å². The van der Waals surface area contributed by atoms with Crippen LogP contribution in [0.4, 0.5) is 11.4 Å². The van der Waals surface area contributed by atoms with E-state index in [1.165, 1.54) is 5.69 Å². The van der Waals surface area contributed by atoms with E-state index in [1.54, 1.807) is 0 Å². The number of anilines is 2. The zero-order chi connectivity index (χ0) is 18.8. The molecule has 7 heteroatoms. The fourth-order valence-electron chi connectivity index (χ4n) is 3.88. The number of nitrogens with two attached hydrogens (primary N) is 1. The Kier molecular flexibility index (Phi) is 4.58. The number of hydrogen-bond acceptors (Lipinski definition) is 4. The van der Waals surface area contributed by atoms with Gasteiger partial charge in [-0.1, -0.05) is 24.3 Å². The number of imidazole rings is 1. The normalized spacial score (nSPS) is 17.4. The number of primary amides is 1. The van der Waals surface area contributed by atoms with E-state index in [4.69, 9.17) is 5.73 Å². The number of nitrogens with one attached hydrogen (secondary N) is 2. The van der Waals surface area contributed by atoms with Gasteiger partial charge in [-0.15, -0.1) is 0 Å². The van der Waals surface area contributed by atoms with Gasteiger partial charge in [0.1, 0.15) is 0 Å². The van der Waals surface area contributed by atoms with Crippen molar-refractivity contribution in [3.8, 4) is 0 Å². The van der Waals surface area contributed by atoms with Gasteiger partial charge in [-0.3, -0.25) is 4.79 Å². The molecule has 0 radical (unpaired) electrons. The van der Waals surface area contributed by atoms with Gasteiger partial charge in [0, 0.05) is 37.8 Å². The van der Waals surface area contributed by atoms with Gasteiger partial charge in [-0.25, -0.2) is 4.79 Å². The molecule has 27 heavy (non-hydrogen) atoms. The van der Waals surface area contributed by atoms with Crippen LogP contribution in [-0.4, -0.2) is 41.6 Å². The summed E-state index contributed by atoms with van der Waals surface area (Å²) in [6.07, 6.45) is 1.01. The van der Waals surface area contributed by atoms with Crippen LogP contribution < -0.4 is 21.2 Å². The summed E-state index contributed by atoms with van der Waals surface area (Å²) in [5, 5.41) is 0. The largest absolute Gasteiger partial charge is 0.370 e. The Morgan fingerprint density at radius 3 is 2.67 bits per heavy atom. The third-order valence-electron chi connectivity index (χ3n) is 5.17. The van der Waals surface area contributed by atoms with Crippen LogP contribution in [0, 0.1) is 0 Å². The molecule has 1 atom stereocenters. The van der Waals surface area contributed by atoms with Gasteiger partial charge in [0.25, 0.3) is 0 Å². The molecule has 3 aromatic rings.